The predicted molar refractivity (Wildman–Crippen MR) is 85.7 cm³/mol. The van der Waals surface area contributed by atoms with Gasteiger partial charge in [0.15, 0.2) is 0 Å². The van der Waals surface area contributed by atoms with Crippen molar-refractivity contribution in [3.63, 3.8) is 0 Å². The van der Waals surface area contributed by atoms with Gasteiger partial charge in [-0.2, -0.15) is 0 Å². The molecule has 1 amide bonds. The van der Waals surface area contributed by atoms with Crippen molar-refractivity contribution in [2.45, 2.75) is 65.1 Å². The second-order valence-corrected chi connectivity index (χ2v) is 6.98. The van der Waals surface area contributed by atoms with Crippen LogP contribution in [0, 0.1) is 6.92 Å². The molecule has 5 heteroatoms. The number of carbonyl (C=O) groups excluding carboxylic acids is 1. The number of rotatable bonds is 4. The van der Waals surface area contributed by atoms with Crippen molar-refractivity contribution in [1.29, 1.82) is 0 Å². The topological polar surface area (TPSA) is 54.7 Å². The highest BCUT2D eigenvalue weighted by Crippen LogP contribution is 2.20. The zero-order valence-electron chi connectivity index (χ0n) is 14.1. The maximum absolute atomic E-state index is 12.3. The van der Waals surface area contributed by atoms with Crippen LogP contribution in [-0.4, -0.2) is 35.7 Å². The SMILES string of the molecule is Cc1ccoc1CNCC1CCCCN1C(=O)OC(C)(C)C. The Hall–Kier alpha value is -1.49. The minimum absolute atomic E-state index is 0.193. The molecule has 1 saturated heterocycles. The lowest BCUT2D eigenvalue weighted by molar-refractivity contribution is 0.00990. The molecule has 5 nitrogen and oxygen atoms in total. The number of ether oxygens (including phenoxy) is 1. The lowest BCUT2D eigenvalue weighted by atomic mass is 10.0. The first kappa shape index (κ1) is 16.9. The van der Waals surface area contributed by atoms with E-state index in [0.717, 1.165) is 43.7 Å². The Balaban J connectivity index is 1.87. The maximum Gasteiger partial charge on any atom is 0.410 e. The predicted octanol–water partition coefficient (Wildman–Crippen LogP) is 3.47. The van der Waals surface area contributed by atoms with E-state index in [4.69, 9.17) is 9.15 Å². The molecule has 1 fully saturated rings. The maximum atomic E-state index is 12.3. The summed E-state index contributed by atoms with van der Waals surface area (Å²) in [6.07, 6.45) is 4.73. The van der Waals surface area contributed by atoms with Crippen LogP contribution in [0.1, 0.15) is 51.4 Å². The van der Waals surface area contributed by atoms with E-state index in [1.165, 1.54) is 0 Å². The Morgan fingerprint density at radius 2 is 2.23 bits per heavy atom. The third-order valence-electron chi connectivity index (χ3n) is 3.89. The Bertz CT molecular complexity index is 490. The number of amides is 1. The quantitative estimate of drug-likeness (QED) is 0.925. The van der Waals surface area contributed by atoms with Crippen LogP contribution in [0.25, 0.3) is 0 Å². The van der Waals surface area contributed by atoms with Crippen LogP contribution >= 0.6 is 0 Å². The molecule has 0 radical (unpaired) electrons. The summed E-state index contributed by atoms with van der Waals surface area (Å²) < 4.78 is 10.9. The molecule has 1 unspecified atom stereocenters. The number of furan rings is 1. The molecule has 1 aliphatic rings. The lowest BCUT2D eigenvalue weighted by Gasteiger charge is -2.36. The van der Waals surface area contributed by atoms with E-state index in [2.05, 4.69) is 5.32 Å². The summed E-state index contributed by atoms with van der Waals surface area (Å²) in [7, 11) is 0. The summed E-state index contributed by atoms with van der Waals surface area (Å²) in [5.74, 6) is 0.958. The molecule has 1 aromatic rings. The molecule has 1 N–H and O–H groups in total. The smallest absolute Gasteiger partial charge is 0.410 e. The summed E-state index contributed by atoms with van der Waals surface area (Å²) in [4.78, 5) is 14.2. The average Bonchev–Trinajstić information content (AvgIpc) is 2.83. The zero-order chi connectivity index (χ0) is 16.2. The fourth-order valence-corrected chi connectivity index (χ4v) is 2.71. The van der Waals surface area contributed by atoms with Crippen molar-refractivity contribution in [2.75, 3.05) is 13.1 Å². The first-order chi connectivity index (χ1) is 10.4. The van der Waals surface area contributed by atoms with Crippen LogP contribution in [0.2, 0.25) is 0 Å². The van der Waals surface area contributed by atoms with Crippen molar-refractivity contribution in [1.82, 2.24) is 10.2 Å². The van der Waals surface area contributed by atoms with Gasteiger partial charge in [0.1, 0.15) is 11.4 Å². The van der Waals surface area contributed by atoms with Gasteiger partial charge in [-0.25, -0.2) is 4.79 Å². The van der Waals surface area contributed by atoms with Crippen LogP contribution in [0.4, 0.5) is 4.79 Å². The van der Waals surface area contributed by atoms with Crippen molar-refractivity contribution in [2.24, 2.45) is 0 Å². The summed E-state index contributed by atoms with van der Waals surface area (Å²) in [6, 6.07) is 2.16. The van der Waals surface area contributed by atoms with Gasteiger partial charge in [-0.3, -0.25) is 0 Å². The van der Waals surface area contributed by atoms with Gasteiger partial charge >= 0.3 is 6.09 Å². The third-order valence-corrected chi connectivity index (χ3v) is 3.89. The van der Waals surface area contributed by atoms with Crippen LogP contribution in [0.15, 0.2) is 16.7 Å². The number of aryl methyl sites for hydroxylation is 1. The number of hydrogen-bond acceptors (Lipinski definition) is 4. The molecule has 0 bridgehead atoms. The molecular weight excluding hydrogens is 280 g/mol. The molecule has 2 heterocycles. The van der Waals surface area contributed by atoms with E-state index in [-0.39, 0.29) is 12.1 Å². The largest absolute Gasteiger partial charge is 0.468 e. The normalized spacial score (nSPS) is 19.3. The molecule has 1 aromatic heterocycles. The van der Waals surface area contributed by atoms with E-state index in [1.807, 2.05) is 38.7 Å². The van der Waals surface area contributed by atoms with Crippen LogP contribution in [0.3, 0.4) is 0 Å². The highest BCUT2D eigenvalue weighted by molar-refractivity contribution is 5.68. The number of hydrogen-bond donors (Lipinski definition) is 1. The van der Waals surface area contributed by atoms with Gasteiger partial charge in [0.05, 0.1) is 12.8 Å². The highest BCUT2D eigenvalue weighted by atomic mass is 16.6. The van der Waals surface area contributed by atoms with E-state index in [9.17, 15) is 4.79 Å². The average molecular weight is 308 g/mol. The van der Waals surface area contributed by atoms with E-state index in [0.29, 0.717) is 6.54 Å². The molecule has 0 spiro atoms. The monoisotopic (exact) mass is 308 g/mol. The molecule has 2 rings (SSSR count). The van der Waals surface area contributed by atoms with Crippen LogP contribution < -0.4 is 5.32 Å². The number of nitrogens with zero attached hydrogens (tertiary/aromatic N) is 1. The van der Waals surface area contributed by atoms with Gasteiger partial charge in [0.2, 0.25) is 0 Å². The fraction of sp³-hybridized carbons (Fsp3) is 0.706. The van der Waals surface area contributed by atoms with Crippen molar-refractivity contribution in [3.8, 4) is 0 Å². The van der Waals surface area contributed by atoms with E-state index < -0.39 is 5.60 Å². The molecule has 0 saturated carbocycles. The number of likely N-dealkylation sites (tertiary alicyclic amines) is 1. The molecule has 1 atom stereocenters. The number of piperidine rings is 1. The van der Waals surface area contributed by atoms with Gasteiger partial charge in [-0.15, -0.1) is 0 Å². The summed E-state index contributed by atoms with van der Waals surface area (Å²) in [5, 5.41) is 3.40. The van der Waals surface area contributed by atoms with Gasteiger partial charge in [-0.1, -0.05) is 0 Å². The molecule has 22 heavy (non-hydrogen) atoms. The highest BCUT2D eigenvalue weighted by Gasteiger charge is 2.30. The summed E-state index contributed by atoms with van der Waals surface area (Å²) >= 11 is 0. The number of nitrogens with one attached hydrogen (secondary N) is 1. The third kappa shape index (κ3) is 4.77. The van der Waals surface area contributed by atoms with Gasteiger partial charge in [-0.05, 0) is 58.6 Å². The molecule has 0 aromatic carbocycles. The Labute approximate surface area is 133 Å². The van der Waals surface area contributed by atoms with Crippen molar-refractivity contribution >= 4 is 6.09 Å². The molecule has 0 aliphatic carbocycles. The Morgan fingerprint density at radius 3 is 2.86 bits per heavy atom. The minimum Gasteiger partial charge on any atom is -0.468 e. The van der Waals surface area contributed by atoms with Gasteiger partial charge in [0.25, 0.3) is 0 Å². The Kier molecular flexibility index (Phi) is 5.51. The Morgan fingerprint density at radius 1 is 1.45 bits per heavy atom. The van der Waals surface area contributed by atoms with Crippen LogP contribution in [0.5, 0.6) is 0 Å². The first-order valence-corrected chi connectivity index (χ1v) is 8.10. The molecule has 124 valence electrons. The van der Waals surface area contributed by atoms with Crippen molar-refractivity contribution in [3.05, 3.63) is 23.7 Å². The second kappa shape index (κ2) is 7.18. The first-order valence-electron chi connectivity index (χ1n) is 8.10. The van der Waals surface area contributed by atoms with E-state index in [1.54, 1.807) is 6.26 Å². The standard InChI is InChI=1S/C17H28N2O3/c1-13-8-10-21-15(13)12-18-11-14-7-5-6-9-19(14)16(20)22-17(2,3)4/h8,10,14,18H,5-7,9,11-12H2,1-4H3. The minimum atomic E-state index is -0.447. The molecular formula is C17H28N2O3. The second-order valence-electron chi connectivity index (χ2n) is 6.98. The summed E-state index contributed by atoms with van der Waals surface area (Å²) in [6.45, 7) is 9.98. The van der Waals surface area contributed by atoms with E-state index >= 15 is 0 Å². The fourth-order valence-electron chi connectivity index (χ4n) is 2.71. The van der Waals surface area contributed by atoms with Crippen LogP contribution in [-0.2, 0) is 11.3 Å². The summed E-state index contributed by atoms with van der Waals surface area (Å²) in [5.41, 5.74) is 0.706. The molecule has 1 aliphatic heterocycles. The zero-order valence-corrected chi connectivity index (χ0v) is 14.1. The van der Waals surface area contributed by atoms with Crippen molar-refractivity contribution < 1.29 is 13.9 Å². The van der Waals surface area contributed by atoms with Gasteiger partial charge < -0.3 is 19.4 Å². The van der Waals surface area contributed by atoms with Gasteiger partial charge in [0, 0.05) is 19.1 Å². The number of carbonyl (C=O) groups is 1. The lowest BCUT2D eigenvalue weighted by Crippen LogP contribution is -2.50.